The van der Waals surface area contributed by atoms with Gasteiger partial charge in [0.1, 0.15) is 11.6 Å². The molecule has 0 atom stereocenters. The number of nitrogens with zero attached hydrogens (tertiary/aromatic N) is 3. The summed E-state index contributed by atoms with van der Waals surface area (Å²) in [6.45, 7) is 2.72. The average molecular weight is 318 g/mol. The smallest absolute Gasteiger partial charge is 0.242 e. The molecule has 0 aliphatic carbocycles. The van der Waals surface area contributed by atoms with Crippen molar-refractivity contribution < 1.29 is 4.79 Å². The van der Waals surface area contributed by atoms with E-state index in [0.29, 0.717) is 6.54 Å². The van der Waals surface area contributed by atoms with E-state index in [1.165, 1.54) is 0 Å². The third-order valence-corrected chi connectivity index (χ3v) is 5.13. The summed E-state index contributed by atoms with van der Waals surface area (Å²) in [5.74, 6) is -0.0517. The van der Waals surface area contributed by atoms with Crippen molar-refractivity contribution in [3.63, 3.8) is 0 Å². The third-order valence-electron chi connectivity index (χ3n) is 2.94. The van der Waals surface area contributed by atoms with E-state index in [1.54, 1.807) is 45.8 Å². The normalized spacial score (nSPS) is 10.7. The van der Waals surface area contributed by atoms with E-state index in [0.717, 1.165) is 20.5 Å². The minimum Gasteiger partial charge on any atom is -0.350 e. The fourth-order valence-electron chi connectivity index (χ4n) is 1.87. The van der Waals surface area contributed by atoms with Crippen molar-refractivity contribution in [2.75, 3.05) is 0 Å². The van der Waals surface area contributed by atoms with Crippen molar-refractivity contribution in [3.05, 3.63) is 46.5 Å². The summed E-state index contributed by atoms with van der Waals surface area (Å²) in [5, 5.41) is 9.98. The molecule has 3 rings (SSSR count). The van der Waals surface area contributed by atoms with Gasteiger partial charge in [0.2, 0.25) is 5.91 Å². The van der Waals surface area contributed by atoms with E-state index in [2.05, 4.69) is 21.5 Å². The van der Waals surface area contributed by atoms with E-state index in [-0.39, 0.29) is 12.5 Å². The lowest BCUT2D eigenvalue weighted by Gasteiger charge is -2.04. The van der Waals surface area contributed by atoms with E-state index >= 15 is 0 Å². The second-order valence-corrected chi connectivity index (χ2v) is 6.52. The zero-order valence-electron chi connectivity index (χ0n) is 11.4. The molecule has 0 aliphatic rings. The first-order chi connectivity index (χ1) is 10.2. The Labute approximate surface area is 130 Å². The van der Waals surface area contributed by atoms with Gasteiger partial charge in [0.05, 0.1) is 17.1 Å². The van der Waals surface area contributed by atoms with Crippen molar-refractivity contribution >= 4 is 28.6 Å². The molecule has 3 heterocycles. The molecule has 0 saturated carbocycles. The van der Waals surface area contributed by atoms with Gasteiger partial charge in [-0.1, -0.05) is 6.07 Å². The summed E-state index contributed by atoms with van der Waals surface area (Å²) < 4.78 is 1.60. The van der Waals surface area contributed by atoms with Crippen molar-refractivity contribution in [1.82, 2.24) is 20.1 Å². The topological polar surface area (TPSA) is 59.8 Å². The fourth-order valence-corrected chi connectivity index (χ4v) is 3.67. The maximum absolute atomic E-state index is 11.8. The van der Waals surface area contributed by atoms with Crippen LogP contribution in [0.15, 0.2) is 36.0 Å². The molecule has 5 nitrogen and oxygen atoms in total. The number of carbonyl (C=O) groups is 1. The highest BCUT2D eigenvalue weighted by Gasteiger charge is 2.11. The van der Waals surface area contributed by atoms with Gasteiger partial charge in [0, 0.05) is 17.3 Å². The number of amides is 1. The Morgan fingerprint density at radius 3 is 3.05 bits per heavy atom. The van der Waals surface area contributed by atoms with Crippen molar-refractivity contribution in [3.8, 4) is 9.88 Å². The zero-order chi connectivity index (χ0) is 14.7. The summed E-state index contributed by atoms with van der Waals surface area (Å²) in [7, 11) is 0. The lowest BCUT2D eigenvalue weighted by atomic mass is 10.4. The monoisotopic (exact) mass is 318 g/mol. The van der Waals surface area contributed by atoms with E-state index in [4.69, 9.17) is 0 Å². The van der Waals surface area contributed by atoms with Gasteiger partial charge < -0.3 is 5.32 Å². The average Bonchev–Trinajstić information content (AvgIpc) is 3.17. The van der Waals surface area contributed by atoms with Gasteiger partial charge in [0.25, 0.3) is 0 Å². The van der Waals surface area contributed by atoms with Crippen LogP contribution in [0.3, 0.4) is 0 Å². The molecule has 0 aliphatic heterocycles. The van der Waals surface area contributed by atoms with E-state index in [9.17, 15) is 4.79 Å². The van der Waals surface area contributed by atoms with Crippen LogP contribution in [0.25, 0.3) is 9.88 Å². The maximum atomic E-state index is 11.8. The molecule has 7 heteroatoms. The number of aromatic nitrogens is 3. The fraction of sp³-hybridized carbons (Fsp3) is 0.214. The van der Waals surface area contributed by atoms with Gasteiger partial charge in [-0.25, -0.2) is 4.98 Å². The second kappa shape index (κ2) is 6.19. The molecule has 0 saturated heterocycles. The summed E-state index contributed by atoms with van der Waals surface area (Å²) in [6, 6.07) is 5.87. The molecule has 0 fully saturated rings. The Hall–Kier alpha value is -1.99. The first kappa shape index (κ1) is 14.0. The molecule has 0 spiro atoms. The van der Waals surface area contributed by atoms with Crippen LogP contribution in [0.5, 0.6) is 0 Å². The van der Waals surface area contributed by atoms with Crippen molar-refractivity contribution in [2.24, 2.45) is 0 Å². The predicted octanol–water partition coefficient (Wildman–Crippen LogP) is 2.69. The van der Waals surface area contributed by atoms with E-state index < -0.39 is 0 Å². The van der Waals surface area contributed by atoms with Crippen LogP contribution in [0, 0.1) is 6.92 Å². The molecule has 1 N–H and O–H groups in total. The van der Waals surface area contributed by atoms with Crippen LogP contribution in [-0.4, -0.2) is 20.7 Å². The summed E-state index contributed by atoms with van der Waals surface area (Å²) in [4.78, 5) is 18.7. The van der Waals surface area contributed by atoms with Crippen LogP contribution < -0.4 is 5.32 Å². The zero-order valence-corrected chi connectivity index (χ0v) is 13.1. The van der Waals surface area contributed by atoms with Crippen LogP contribution in [0.1, 0.15) is 10.6 Å². The van der Waals surface area contributed by atoms with Gasteiger partial charge >= 0.3 is 0 Å². The van der Waals surface area contributed by atoms with Gasteiger partial charge in [-0.15, -0.1) is 22.7 Å². The molecule has 1 amide bonds. The Balaban J connectivity index is 1.61. The summed E-state index contributed by atoms with van der Waals surface area (Å²) >= 11 is 3.30. The molecule has 0 unspecified atom stereocenters. The molecule has 108 valence electrons. The predicted molar refractivity (Wildman–Crippen MR) is 84.2 cm³/mol. The lowest BCUT2D eigenvalue weighted by molar-refractivity contribution is -0.122. The summed E-state index contributed by atoms with van der Waals surface area (Å²) in [6.07, 6.45) is 3.43. The van der Waals surface area contributed by atoms with Gasteiger partial charge in [-0.05, 0) is 24.4 Å². The molecular weight excluding hydrogens is 304 g/mol. The van der Waals surface area contributed by atoms with Gasteiger partial charge in [-0.3, -0.25) is 9.48 Å². The van der Waals surface area contributed by atoms with Crippen LogP contribution in [-0.2, 0) is 17.9 Å². The largest absolute Gasteiger partial charge is 0.350 e. The Morgan fingerprint density at radius 1 is 1.43 bits per heavy atom. The van der Waals surface area contributed by atoms with Crippen molar-refractivity contribution in [1.29, 1.82) is 0 Å². The minimum absolute atomic E-state index is 0.0517. The number of thiophene rings is 1. The molecule has 3 aromatic heterocycles. The Morgan fingerprint density at radius 2 is 2.33 bits per heavy atom. The van der Waals surface area contributed by atoms with Crippen LogP contribution in [0.2, 0.25) is 0 Å². The van der Waals surface area contributed by atoms with Crippen LogP contribution >= 0.6 is 22.7 Å². The Bertz CT molecular complexity index is 716. The number of hydrogen-bond acceptors (Lipinski definition) is 5. The Kier molecular flexibility index (Phi) is 4.12. The number of carbonyl (C=O) groups excluding carboxylic acids is 1. The number of thiazole rings is 1. The maximum Gasteiger partial charge on any atom is 0.242 e. The molecule has 0 radical (unpaired) electrons. The quantitative estimate of drug-likeness (QED) is 0.787. The highest BCUT2D eigenvalue weighted by Crippen LogP contribution is 2.30. The van der Waals surface area contributed by atoms with Crippen LogP contribution in [0.4, 0.5) is 0 Å². The SMILES string of the molecule is Cc1nc(-c2cccs2)sc1CNC(=O)Cn1cccn1. The standard InChI is InChI=1S/C14H14N4OS2/c1-10-12(21-14(17-10)11-4-2-7-20-11)8-15-13(19)9-18-6-3-5-16-18/h2-7H,8-9H2,1H3,(H,15,19). The number of hydrogen-bond donors (Lipinski definition) is 1. The number of rotatable bonds is 5. The first-order valence-electron chi connectivity index (χ1n) is 6.46. The molecular formula is C14H14N4OS2. The van der Waals surface area contributed by atoms with E-state index in [1.807, 2.05) is 18.4 Å². The van der Waals surface area contributed by atoms with Crippen molar-refractivity contribution in [2.45, 2.75) is 20.0 Å². The number of aryl methyl sites for hydroxylation is 1. The number of nitrogens with one attached hydrogen (secondary N) is 1. The minimum atomic E-state index is -0.0517. The van der Waals surface area contributed by atoms with Gasteiger partial charge in [-0.2, -0.15) is 5.10 Å². The first-order valence-corrected chi connectivity index (χ1v) is 8.16. The molecule has 3 aromatic rings. The lowest BCUT2D eigenvalue weighted by Crippen LogP contribution is -2.27. The highest BCUT2D eigenvalue weighted by molar-refractivity contribution is 7.21. The van der Waals surface area contributed by atoms with Gasteiger partial charge in [0.15, 0.2) is 0 Å². The molecule has 21 heavy (non-hydrogen) atoms. The third kappa shape index (κ3) is 3.37. The molecule has 0 aromatic carbocycles. The highest BCUT2D eigenvalue weighted by atomic mass is 32.1. The summed E-state index contributed by atoms with van der Waals surface area (Å²) in [5.41, 5.74) is 0.975. The second-order valence-electron chi connectivity index (χ2n) is 4.49. The molecule has 0 bridgehead atoms.